The number of para-hydroxylation sites is 1. The maximum absolute atomic E-state index is 12.7. The molecular formula is C21H28N2O4S. The molecule has 1 aromatic carbocycles. The van der Waals surface area contributed by atoms with Gasteiger partial charge in [0.2, 0.25) is 5.91 Å². The summed E-state index contributed by atoms with van der Waals surface area (Å²) in [5, 5.41) is 13.2. The molecule has 28 heavy (non-hydrogen) atoms. The summed E-state index contributed by atoms with van der Waals surface area (Å²) in [5.41, 5.74) is 2.20. The Morgan fingerprint density at radius 3 is 2.50 bits per heavy atom. The Labute approximate surface area is 170 Å². The van der Waals surface area contributed by atoms with Gasteiger partial charge in [-0.15, -0.1) is 11.3 Å². The lowest BCUT2D eigenvalue weighted by molar-refractivity contribution is -0.115. The van der Waals surface area contributed by atoms with Crippen LogP contribution in [0.2, 0.25) is 0 Å². The molecule has 0 aliphatic carbocycles. The molecule has 0 radical (unpaired) electrons. The molecule has 1 atom stereocenters. The summed E-state index contributed by atoms with van der Waals surface area (Å²) in [7, 11) is 0. The number of hydrogen-bond donors (Lipinski definition) is 2. The van der Waals surface area contributed by atoms with Crippen LogP contribution in [0.3, 0.4) is 0 Å². The standard InChI is InChI=1S/C21H28N2O4S/c1-5-17-15(4)28-20(19(17)21(26)27-6-2)22-18(25)13-23(12-14(3)24)16-10-8-7-9-11-16/h7-11,14,24H,5-6,12-13H2,1-4H3,(H,22,25). The molecule has 1 unspecified atom stereocenters. The molecule has 0 fully saturated rings. The molecule has 2 aromatic rings. The van der Waals surface area contributed by atoms with Crippen LogP contribution in [0, 0.1) is 6.92 Å². The van der Waals surface area contributed by atoms with Gasteiger partial charge in [-0.1, -0.05) is 25.1 Å². The fraction of sp³-hybridized carbons (Fsp3) is 0.429. The van der Waals surface area contributed by atoms with Gasteiger partial charge in [0.15, 0.2) is 0 Å². The third kappa shape index (κ3) is 5.56. The van der Waals surface area contributed by atoms with Crippen molar-refractivity contribution in [3.63, 3.8) is 0 Å². The van der Waals surface area contributed by atoms with Gasteiger partial charge in [0.25, 0.3) is 0 Å². The maximum Gasteiger partial charge on any atom is 0.341 e. The molecule has 0 aliphatic rings. The Kier molecular flexibility index (Phi) is 8.02. The van der Waals surface area contributed by atoms with E-state index in [1.54, 1.807) is 13.8 Å². The summed E-state index contributed by atoms with van der Waals surface area (Å²) in [5.74, 6) is -0.665. The Hall–Kier alpha value is -2.38. The number of anilines is 2. The predicted molar refractivity (Wildman–Crippen MR) is 113 cm³/mol. The van der Waals surface area contributed by atoms with Crippen molar-refractivity contribution in [1.82, 2.24) is 0 Å². The lowest BCUT2D eigenvalue weighted by atomic mass is 10.1. The first kappa shape index (κ1) is 21.9. The van der Waals surface area contributed by atoms with Gasteiger partial charge < -0.3 is 20.1 Å². The Morgan fingerprint density at radius 1 is 1.25 bits per heavy atom. The van der Waals surface area contributed by atoms with Crippen molar-refractivity contribution in [2.75, 3.05) is 29.9 Å². The number of aryl methyl sites for hydroxylation is 1. The molecule has 2 N–H and O–H groups in total. The van der Waals surface area contributed by atoms with Crippen LogP contribution in [-0.4, -0.2) is 42.8 Å². The van der Waals surface area contributed by atoms with Crippen molar-refractivity contribution in [3.05, 3.63) is 46.3 Å². The number of carbonyl (C=O) groups is 2. The second-order valence-corrected chi connectivity index (χ2v) is 7.75. The van der Waals surface area contributed by atoms with Crippen LogP contribution in [-0.2, 0) is 16.0 Å². The summed E-state index contributed by atoms with van der Waals surface area (Å²) < 4.78 is 5.18. The van der Waals surface area contributed by atoms with Gasteiger partial charge in [0.1, 0.15) is 5.00 Å². The van der Waals surface area contributed by atoms with Crippen LogP contribution < -0.4 is 10.2 Å². The molecule has 0 spiro atoms. The van der Waals surface area contributed by atoms with E-state index in [-0.39, 0.29) is 19.1 Å². The molecule has 6 nitrogen and oxygen atoms in total. The van der Waals surface area contributed by atoms with Gasteiger partial charge in [-0.05, 0) is 44.9 Å². The Bertz CT molecular complexity index is 802. The first-order valence-corrected chi connectivity index (χ1v) is 10.3. The molecule has 0 aliphatic heterocycles. The van der Waals surface area contributed by atoms with Gasteiger partial charge in [-0.3, -0.25) is 4.79 Å². The van der Waals surface area contributed by atoms with E-state index in [2.05, 4.69) is 5.32 Å². The van der Waals surface area contributed by atoms with E-state index in [9.17, 15) is 14.7 Å². The summed E-state index contributed by atoms with van der Waals surface area (Å²) >= 11 is 1.38. The lowest BCUT2D eigenvalue weighted by Gasteiger charge is -2.25. The highest BCUT2D eigenvalue weighted by atomic mass is 32.1. The number of carbonyl (C=O) groups excluding carboxylic acids is 2. The second-order valence-electron chi connectivity index (χ2n) is 6.53. The number of hydrogen-bond acceptors (Lipinski definition) is 6. The van der Waals surface area contributed by atoms with E-state index < -0.39 is 12.1 Å². The second kappa shape index (κ2) is 10.2. The fourth-order valence-electron chi connectivity index (χ4n) is 3.07. The summed E-state index contributed by atoms with van der Waals surface area (Å²) in [6, 6.07) is 9.46. The average Bonchev–Trinajstić information content (AvgIpc) is 2.96. The maximum atomic E-state index is 12.7. The molecular weight excluding hydrogens is 376 g/mol. The van der Waals surface area contributed by atoms with E-state index in [0.717, 1.165) is 16.1 Å². The van der Waals surface area contributed by atoms with E-state index in [1.807, 2.05) is 49.1 Å². The van der Waals surface area contributed by atoms with Crippen LogP contribution >= 0.6 is 11.3 Å². The minimum Gasteiger partial charge on any atom is -0.462 e. The van der Waals surface area contributed by atoms with Crippen molar-refractivity contribution >= 4 is 33.9 Å². The number of nitrogens with zero attached hydrogens (tertiary/aromatic N) is 1. The fourth-order valence-corrected chi connectivity index (χ4v) is 4.22. The van der Waals surface area contributed by atoms with Gasteiger partial charge in [-0.2, -0.15) is 0 Å². The lowest BCUT2D eigenvalue weighted by Crippen LogP contribution is -2.37. The molecule has 0 saturated carbocycles. The number of thiophene rings is 1. The molecule has 1 amide bonds. The van der Waals surface area contributed by atoms with Crippen LogP contribution in [0.5, 0.6) is 0 Å². The van der Waals surface area contributed by atoms with Crippen LogP contribution in [0.1, 0.15) is 41.6 Å². The van der Waals surface area contributed by atoms with Crippen molar-refractivity contribution in [2.45, 2.75) is 40.2 Å². The van der Waals surface area contributed by atoms with E-state index in [4.69, 9.17) is 4.74 Å². The third-order valence-electron chi connectivity index (χ3n) is 4.24. The highest BCUT2D eigenvalue weighted by molar-refractivity contribution is 7.16. The first-order valence-electron chi connectivity index (χ1n) is 9.44. The molecule has 0 bridgehead atoms. The SMILES string of the molecule is CCOC(=O)c1c(NC(=O)CN(CC(C)O)c2ccccc2)sc(C)c1CC. The zero-order valence-corrected chi connectivity index (χ0v) is 17.6. The number of amides is 1. The van der Waals surface area contributed by atoms with E-state index in [1.165, 1.54) is 11.3 Å². The molecule has 7 heteroatoms. The largest absolute Gasteiger partial charge is 0.462 e. The zero-order valence-electron chi connectivity index (χ0n) is 16.8. The highest BCUT2D eigenvalue weighted by Crippen LogP contribution is 2.34. The Morgan fingerprint density at radius 2 is 1.93 bits per heavy atom. The number of nitrogens with one attached hydrogen (secondary N) is 1. The van der Waals surface area contributed by atoms with Gasteiger partial charge in [0.05, 0.1) is 24.8 Å². The van der Waals surface area contributed by atoms with Crippen molar-refractivity contribution in [3.8, 4) is 0 Å². The monoisotopic (exact) mass is 404 g/mol. The third-order valence-corrected chi connectivity index (χ3v) is 5.30. The summed E-state index contributed by atoms with van der Waals surface area (Å²) in [4.78, 5) is 28.0. The normalized spacial score (nSPS) is 11.8. The highest BCUT2D eigenvalue weighted by Gasteiger charge is 2.24. The van der Waals surface area contributed by atoms with E-state index >= 15 is 0 Å². The van der Waals surface area contributed by atoms with Crippen molar-refractivity contribution < 1.29 is 19.4 Å². The number of aliphatic hydroxyl groups is 1. The zero-order chi connectivity index (χ0) is 20.7. The molecule has 2 rings (SSSR count). The van der Waals surface area contributed by atoms with Crippen LogP contribution in [0.4, 0.5) is 10.7 Å². The van der Waals surface area contributed by atoms with Crippen LogP contribution in [0.15, 0.2) is 30.3 Å². The number of ether oxygens (including phenoxy) is 1. The summed E-state index contributed by atoms with van der Waals surface area (Å²) in [6.45, 7) is 8.02. The Balaban J connectivity index is 2.22. The van der Waals surface area contributed by atoms with Crippen LogP contribution in [0.25, 0.3) is 0 Å². The van der Waals surface area contributed by atoms with E-state index in [0.29, 0.717) is 23.5 Å². The molecule has 152 valence electrons. The predicted octanol–water partition coefficient (Wildman–Crippen LogP) is 3.62. The first-order chi connectivity index (χ1) is 13.4. The topological polar surface area (TPSA) is 78.9 Å². The number of benzene rings is 1. The molecule has 1 heterocycles. The number of aliphatic hydroxyl groups excluding tert-OH is 1. The molecule has 1 aromatic heterocycles. The molecule has 0 saturated heterocycles. The minimum absolute atomic E-state index is 0.0651. The number of esters is 1. The van der Waals surface area contributed by atoms with Gasteiger partial charge in [0, 0.05) is 17.1 Å². The van der Waals surface area contributed by atoms with Gasteiger partial charge in [-0.25, -0.2) is 4.79 Å². The van der Waals surface area contributed by atoms with Crippen molar-refractivity contribution in [1.29, 1.82) is 0 Å². The quantitative estimate of drug-likeness (QED) is 0.624. The van der Waals surface area contributed by atoms with Crippen molar-refractivity contribution in [2.24, 2.45) is 0 Å². The summed E-state index contributed by atoms with van der Waals surface area (Å²) in [6.07, 6.45) is 0.101. The smallest absolute Gasteiger partial charge is 0.341 e. The average molecular weight is 405 g/mol. The minimum atomic E-state index is -0.584. The number of rotatable bonds is 9. The van der Waals surface area contributed by atoms with Gasteiger partial charge >= 0.3 is 5.97 Å².